The Balaban J connectivity index is 2.59. The first kappa shape index (κ1) is 23.0. The van der Waals surface area contributed by atoms with Crippen molar-refractivity contribution in [3.63, 3.8) is 0 Å². The fourth-order valence-electron chi connectivity index (χ4n) is 3.15. The summed E-state index contributed by atoms with van der Waals surface area (Å²) in [6, 6.07) is 6.24. The van der Waals surface area contributed by atoms with E-state index in [1.807, 2.05) is 13.8 Å². The first-order valence-corrected chi connectivity index (χ1v) is 11.1. The molecule has 0 unspecified atom stereocenters. The van der Waals surface area contributed by atoms with Crippen LogP contribution in [0, 0.1) is 13.8 Å². The number of benzene rings is 1. The predicted octanol–water partition coefficient (Wildman–Crippen LogP) is 3.72. The lowest BCUT2D eigenvalue weighted by Crippen LogP contribution is -2.18. The Kier molecular flexibility index (Phi) is 7.87. The molecule has 0 fully saturated rings. The predicted molar refractivity (Wildman–Crippen MR) is 112 cm³/mol. The van der Waals surface area contributed by atoms with Crippen molar-refractivity contribution in [2.75, 3.05) is 26.1 Å². The van der Waals surface area contributed by atoms with Gasteiger partial charge < -0.3 is 19.4 Å². The maximum absolute atomic E-state index is 13.5. The fourth-order valence-corrected chi connectivity index (χ4v) is 4.85. The van der Waals surface area contributed by atoms with Crippen LogP contribution in [0.1, 0.15) is 37.4 Å². The summed E-state index contributed by atoms with van der Waals surface area (Å²) in [7, 11) is -0.742. The fraction of sp³-hybridized carbons (Fsp3) is 0.476. The van der Waals surface area contributed by atoms with Gasteiger partial charge in [0.2, 0.25) is 15.7 Å². The van der Waals surface area contributed by atoms with Crippen LogP contribution in [0.3, 0.4) is 0 Å². The van der Waals surface area contributed by atoms with E-state index < -0.39 is 9.84 Å². The second-order valence-electron chi connectivity index (χ2n) is 6.86. The topological polar surface area (TPSA) is 86.6 Å². The lowest BCUT2D eigenvalue weighted by atomic mass is 10.2. The monoisotopic (exact) mass is 422 g/mol. The SMILES string of the molecule is CCCCC(=O)Nc1c(S(=O)(=O)c2ccc(OC)cc2)c(C)c(C)n1CCOC. The molecule has 0 spiro atoms. The zero-order valence-corrected chi connectivity index (χ0v) is 18.6. The quantitative estimate of drug-likeness (QED) is 0.631. The molecule has 0 saturated heterocycles. The first-order valence-electron chi connectivity index (χ1n) is 9.65. The molecule has 0 aliphatic carbocycles. The Labute approximate surface area is 172 Å². The van der Waals surface area contributed by atoms with Gasteiger partial charge in [-0.25, -0.2) is 8.42 Å². The number of nitrogens with one attached hydrogen (secondary N) is 1. The van der Waals surface area contributed by atoms with Gasteiger partial charge in [0.05, 0.1) is 18.6 Å². The molecule has 1 N–H and O–H groups in total. The van der Waals surface area contributed by atoms with Gasteiger partial charge in [0, 0.05) is 25.8 Å². The average molecular weight is 423 g/mol. The summed E-state index contributed by atoms with van der Waals surface area (Å²) in [6.07, 6.45) is 1.96. The van der Waals surface area contributed by atoms with Crippen molar-refractivity contribution < 1.29 is 22.7 Å². The van der Waals surface area contributed by atoms with E-state index in [2.05, 4.69) is 5.32 Å². The molecule has 0 radical (unpaired) electrons. The molecule has 1 amide bonds. The summed E-state index contributed by atoms with van der Waals surface area (Å²) < 4.78 is 39.0. The molecule has 0 bridgehead atoms. The largest absolute Gasteiger partial charge is 0.497 e. The Morgan fingerprint density at radius 3 is 2.34 bits per heavy atom. The van der Waals surface area contributed by atoms with Crippen molar-refractivity contribution >= 4 is 21.6 Å². The standard InChI is InChI=1S/C21H30N2O5S/c1-6-7-8-19(24)22-21-20(15(2)16(3)23(21)13-14-27-4)29(25,26)18-11-9-17(28-5)10-12-18/h9-12H,6-8,13-14H2,1-5H3,(H,22,24). The van der Waals surface area contributed by atoms with Gasteiger partial charge in [-0.2, -0.15) is 0 Å². The molecule has 2 aromatic rings. The number of carbonyl (C=O) groups excluding carboxylic acids is 1. The van der Waals surface area contributed by atoms with Crippen LogP contribution in [0.4, 0.5) is 5.82 Å². The van der Waals surface area contributed by atoms with Gasteiger partial charge >= 0.3 is 0 Å². The van der Waals surface area contributed by atoms with Gasteiger partial charge in [-0.05, 0) is 50.1 Å². The normalized spacial score (nSPS) is 11.5. The van der Waals surface area contributed by atoms with Gasteiger partial charge in [0.1, 0.15) is 16.5 Å². The van der Waals surface area contributed by atoms with Gasteiger partial charge in [0.25, 0.3) is 0 Å². The number of anilines is 1. The number of carbonyl (C=O) groups is 1. The number of sulfone groups is 1. The summed E-state index contributed by atoms with van der Waals surface area (Å²) >= 11 is 0. The van der Waals surface area contributed by atoms with E-state index in [0.717, 1.165) is 18.5 Å². The molecule has 0 saturated carbocycles. The van der Waals surface area contributed by atoms with Crippen molar-refractivity contribution in [2.24, 2.45) is 0 Å². The molecule has 160 valence electrons. The Hall–Kier alpha value is -2.32. The molecule has 1 heterocycles. The number of hydrogen-bond acceptors (Lipinski definition) is 5. The average Bonchev–Trinajstić information content (AvgIpc) is 2.94. The second kappa shape index (κ2) is 9.93. The van der Waals surface area contributed by atoms with Crippen molar-refractivity contribution in [3.05, 3.63) is 35.5 Å². The lowest BCUT2D eigenvalue weighted by molar-refractivity contribution is -0.116. The number of amides is 1. The third-order valence-corrected chi connectivity index (χ3v) is 6.88. The van der Waals surface area contributed by atoms with Gasteiger partial charge in [0.15, 0.2) is 0 Å². The van der Waals surface area contributed by atoms with E-state index in [1.54, 1.807) is 30.7 Å². The van der Waals surface area contributed by atoms with Gasteiger partial charge in [-0.3, -0.25) is 4.79 Å². The number of aromatic nitrogens is 1. The van der Waals surface area contributed by atoms with Crippen LogP contribution in [0.5, 0.6) is 5.75 Å². The smallest absolute Gasteiger partial charge is 0.225 e. The van der Waals surface area contributed by atoms with Crippen LogP contribution in [0.2, 0.25) is 0 Å². The zero-order valence-electron chi connectivity index (χ0n) is 17.7. The molecule has 0 aliphatic rings. The minimum Gasteiger partial charge on any atom is -0.497 e. The first-order chi connectivity index (χ1) is 13.8. The van der Waals surface area contributed by atoms with Crippen molar-refractivity contribution in [2.45, 2.75) is 56.4 Å². The second-order valence-corrected chi connectivity index (χ2v) is 8.75. The van der Waals surface area contributed by atoms with E-state index in [4.69, 9.17) is 9.47 Å². The Bertz CT molecular complexity index is 946. The van der Waals surface area contributed by atoms with E-state index >= 15 is 0 Å². The van der Waals surface area contributed by atoms with Crippen LogP contribution in [0.15, 0.2) is 34.1 Å². The summed E-state index contributed by atoms with van der Waals surface area (Å²) in [4.78, 5) is 12.7. The highest BCUT2D eigenvalue weighted by Crippen LogP contribution is 2.36. The molecule has 7 nitrogen and oxygen atoms in total. The Morgan fingerprint density at radius 1 is 1.14 bits per heavy atom. The van der Waals surface area contributed by atoms with Crippen molar-refractivity contribution in [1.29, 1.82) is 0 Å². The van der Waals surface area contributed by atoms with E-state index in [0.29, 0.717) is 36.7 Å². The van der Waals surface area contributed by atoms with E-state index in [1.165, 1.54) is 19.2 Å². The molecular formula is C21H30N2O5S. The van der Waals surface area contributed by atoms with Crippen LogP contribution < -0.4 is 10.1 Å². The molecule has 8 heteroatoms. The number of methoxy groups -OCH3 is 2. The molecular weight excluding hydrogens is 392 g/mol. The maximum Gasteiger partial charge on any atom is 0.225 e. The van der Waals surface area contributed by atoms with Crippen LogP contribution >= 0.6 is 0 Å². The third-order valence-electron chi connectivity index (χ3n) is 4.95. The summed E-state index contributed by atoms with van der Waals surface area (Å²) in [6.45, 7) is 6.44. The zero-order chi connectivity index (χ0) is 21.6. The van der Waals surface area contributed by atoms with Crippen LogP contribution in [0.25, 0.3) is 0 Å². The molecule has 0 atom stereocenters. The number of nitrogens with zero attached hydrogens (tertiary/aromatic N) is 1. The number of unbranched alkanes of at least 4 members (excludes halogenated alkanes) is 1. The van der Waals surface area contributed by atoms with E-state index in [-0.39, 0.29) is 15.7 Å². The van der Waals surface area contributed by atoms with Crippen LogP contribution in [-0.2, 0) is 25.9 Å². The minimum atomic E-state index is -3.85. The molecule has 1 aromatic heterocycles. The van der Waals surface area contributed by atoms with Gasteiger partial charge in [-0.15, -0.1) is 0 Å². The van der Waals surface area contributed by atoms with Crippen LogP contribution in [-0.4, -0.2) is 39.7 Å². The minimum absolute atomic E-state index is 0.126. The molecule has 2 rings (SSSR count). The highest BCUT2D eigenvalue weighted by Gasteiger charge is 2.30. The van der Waals surface area contributed by atoms with Gasteiger partial charge in [-0.1, -0.05) is 13.3 Å². The number of ether oxygens (including phenoxy) is 2. The summed E-state index contributed by atoms with van der Waals surface area (Å²) in [5.74, 6) is 0.672. The summed E-state index contributed by atoms with van der Waals surface area (Å²) in [5, 5.41) is 2.85. The number of rotatable bonds is 10. The highest BCUT2D eigenvalue weighted by atomic mass is 32.2. The lowest BCUT2D eigenvalue weighted by Gasteiger charge is -2.14. The molecule has 1 aromatic carbocycles. The molecule has 0 aliphatic heterocycles. The van der Waals surface area contributed by atoms with E-state index in [9.17, 15) is 13.2 Å². The highest BCUT2D eigenvalue weighted by molar-refractivity contribution is 7.91. The number of hydrogen-bond donors (Lipinski definition) is 1. The van der Waals surface area contributed by atoms with Crippen molar-refractivity contribution in [3.8, 4) is 5.75 Å². The Morgan fingerprint density at radius 2 is 1.79 bits per heavy atom. The molecule has 29 heavy (non-hydrogen) atoms. The summed E-state index contributed by atoms with van der Waals surface area (Å²) in [5.41, 5.74) is 1.39. The van der Waals surface area contributed by atoms with Crippen molar-refractivity contribution in [1.82, 2.24) is 4.57 Å². The third kappa shape index (κ3) is 5.00. The maximum atomic E-state index is 13.5.